The lowest BCUT2D eigenvalue weighted by atomic mass is 10.3. The topological polar surface area (TPSA) is 47.3 Å². The van der Waals surface area contributed by atoms with Gasteiger partial charge in [-0.3, -0.25) is 0 Å². The molecule has 0 spiro atoms. The molecule has 4 nitrogen and oxygen atoms in total. The maximum absolute atomic E-state index is 5.08. The molecule has 0 saturated heterocycles. The number of aryl methyl sites for hydroxylation is 1. The summed E-state index contributed by atoms with van der Waals surface area (Å²) in [5, 5.41) is 7.00. The fraction of sp³-hybridized carbons (Fsp3) is 0.667. The molecule has 4 heteroatoms. The van der Waals surface area contributed by atoms with E-state index in [-0.39, 0.29) is 6.10 Å². The second kappa shape index (κ2) is 4.99. The van der Waals surface area contributed by atoms with E-state index in [1.807, 2.05) is 19.9 Å². The van der Waals surface area contributed by atoms with Crippen LogP contribution in [0.15, 0.2) is 10.6 Å². The van der Waals surface area contributed by atoms with Gasteiger partial charge in [-0.25, -0.2) is 0 Å². The van der Waals surface area contributed by atoms with E-state index in [0.29, 0.717) is 6.54 Å². The van der Waals surface area contributed by atoms with E-state index in [4.69, 9.17) is 9.26 Å². The van der Waals surface area contributed by atoms with Gasteiger partial charge in [-0.15, -0.1) is 0 Å². The minimum Gasteiger partial charge on any atom is -0.380 e. The van der Waals surface area contributed by atoms with Gasteiger partial charge < -0.3 is 14.6 Å². The van der Waals surface area contributed by atoms with Gasteiger partial charge in [-0.1, -0.05) is 5.16 Å². The Morgan fingerprint density at radius 3 is 3.00 bits per heavy atom. The van der Waals surface area contributed by atoms with Gasteiger partial charge in [0.25, 0.3) is 0 Å². The first-order chi connectivity index (χ1) is 6.22. The van der Waals surface area contributed by atoms with Crippen molar-refractivity contribution < 1.29 is 9.26 Å². The van der Waals surface area contributed by atoms with Crippen molar-refractivity contribution in [1.29, 1.82) is 0 Å². The molecule has 1 atom stereocenters. The van der Waals surface area contributed by atoms with E-state index in [0.717, 1.165) is 18.0 Å². The van der Waals surface area contributed by atoms with Crippen molar-refractivity contribution in [3.8, 4) is 0 Å². The molecule has 13 heavy (non-hydrogen) atoms. The summed E-state index contributed by atoms with van der Waals surface area (Å²) in [6, 6.07) is 1.92. The minimum absolute atomic E-state index is 0.226. The van der Waals surface area contributed by atoms with E-state index in [2.05, 4.69) is 10.5 Å². The van der Waals surface area contributed by atoms with Gasteiger partial charge in [0, 0.05) is 19.7 Å². The van der Waals surface area contributed by atoms with Gasteiger partial charge in [-0.2, -0.15) is 0 Å². The second-order valence-corrected chi connectivity index (χ2v) is 3.11. The van der Waals surface area contributed by atoms with Crippen molar-refractivity contribution in [2.75, 3.05) is 13.7 Å². The van der Waals surface area contributed by atoms with Crippen LogP contribution in [0, 0.1) is 6.92 Å². The summed E-state index contributed by atoms with van der Waals surface area (Å²) in [6.07, 6.45) is 0.226. The number of hydrogen-bond donors (Lipinski definition) is 1. The molecule has 0 amide bonds. The summed E-state index contributed by atoms with van der Waals surface area (Å²) in [7, 11) is 1.70. The van der Waals surface area contributed by atoms with Crippen molar-refractivity contribution in [2.24, 2.45) is 0 Å². The zero-order valence-corrected chi connectivity index (χ0v) is 8.33. The van der Waals surface area contributed by atoms with Crippen LogP contribution in [0.1, 0.15) is 18.4 Å². The first-order valence-electron chi connectivity index (χ1n) is 4.38. The van der Waals surface area contributed by atoms with Crippen LogP contribution in [0.4, 0.5) is 0 Å². The third-order valence-electron chi connectivity index (χ3n) is 1.81. The molecule has 0 saturated carbocycles. The lowest BCUT2D eigenvalue weighted by Gasteiger charge is -2.08. The number of methoxy groups -OCH3 is 1. The molecular weight excluding hydrogens is 168 g/mol. The molecule has 0 aliphatic rings. The number of ether oxygens (including phenoxy) is 1. The predicted octanol–water partition coefficient (Wildman–Crippen LogP) is 1.11. The lowest BCUT2D eigenvalue weighted by molar-refractivity contribution is 0.116. The van der Waals surface area contributed by atoms with E-state index in [1.54, 1.807) is 7.11 Å². The Morgan fingerprint density at radius 1 is 1.69 bits per heavy atom. The van der Waals surface area contributed by atoms with E-state index in [9.17, 15) is 0 Å². The summed E-state index contributed by atoms with van der Waals surface area (Å²) in [6.45, 7) is 5.44. The zero-order chi connectivity index (χ0) is 9.68. The van der Waals surface area contributed by atoms with Gasteiger partial charge in [0.2, 0.25) is 0 Å². The monoisotopic (exact) mass is 184 g/mol. The molecule has 1 heterocycles. The third kappa shape index (κ3) is 3.57. The summed E-state index contributed by atoms with van der Waals surface area (Å²) in [5.41, 5.74) is 0.914. The van der Waals surface area contributed by atoms with Crippen molar-refractivity contribution in [1.82, 2.24) is 10.5 Å². The van der Waals surface area contributed by atoms with Crippen LogP contribution >= 0.6 is 0 Å². The van der Waals surface area contributed by atoms with Gasteiger partial charge in [0.1, 0.15) is 0 Å². The highest BCUT2D eigenvalue weighted by molar-refractivity contribution is 5.02. The Labute approximate surface area is 78.2 Å². The normalized spacial score (nSPS) is 13.2. The molecule has 1 aromatic heterocycles. The molecule has 1 rings (SSSR count). The third-order valence-corrected chi connectivity index (χ3v) is 1.81. The van der Waals surface area contributed by atoms with Crippen LogP contribution in [-0.4, -0.2) is 24.9 Å². The molecule has 0 aliphatic heterocycles. The maximum Gasteiger partial charge on any atom is 0.150 e. The average Bonchev–Trinajstić information content (AvgIpc) is 2.51. The molecule has 0 bridgehead atoms. The fourth-order valence-electron chi connectivity index (χ4n) is 0.982. The van der Waals surface area contributed by atoms with E-state index in [1.165, 1.54) is 0 Å². The Bertz CT molecular complexity index is 248. The first-order valence-corrected chi connectivity index (χ1v) is 4.38. The smallest absolute Gasteiger partial charge is 0.150 e. The predicted molar refractivity (Wildman–Crippen MR) is 49.4 cm³/mol. The van der Waals surface area contributed by atoms with Gasteiger partial charge in [-0.05, 0) is 13.8 Å². The summed E-state index contributed by atoms with van der Waals surface area (Å²) in [5.74, 6) is 0.862. The fourth-order valence-corrected chi connectivity index (χ4v) is 0.982. The first kappa shape index (κ1) is 10.2. The molecule has 0 aliphatic carbocycles. The molecule has 0 radical (unpaired) electrons. The Hall–Kier alpha value is -0.870. The van der Waals surface area contributed by atoms with Crippen LogP contribution in [0.25, 0.3) is 0 Å². The van der Waals surface area contributed by atoms with E-state index >= 15 is 0 Å². The van der Waals surface area contributed by atoms with Gasteiger partial charge in [0.05, 0.1) is 18.3 Å². The van der Waals surface area contributed by atoms with Gasteiger partial charge in [0.15, 0.2) is 5.76 Å². The van der Waals surface area contributed by atoms with Crippen LogP contribution in [0.3, 0.4) is 0 Å². The highest BCUT2D eigenvalue weighted by Gasteiger charge is 2.01. The highest BCUT2D eigenvalue weighted by atomic mass is 16.5. The largest absolute Gasteiger partial charge is 0.380 e. The Kier molecular flexibility index (Phi) is 3.92. The standard InChI is InChI=1S/C9H16N2O2/c1-7-4-9(13-11-7)6-10-5-8(2)12-3/h4,8,10H,5-6H2,1-3H3. The molecule has 0 aromatic carbocycles. The van der Waals surface area contributed by atoms with Crippen molar-refractivity contribution in [3.63, 3.8) is 0 Å². The molecule has 1 unspecified atom stereocenters. The number of hydrogen-bond acceptors (Lipinski definition) is 4. The number of nitrogens with one attached hydrogen (secondary N) is 1. The van der Waals surface area contributed by atoms with Crippen molar-refractivity contribution >= 4 is 0 Å². The molecule has 1 aromatic rings. The Balaban J connectivity index is 2.20. The minimum atomic E-state index is 0.226. The van der Waals surface area contributed by atoms with Crippen LogP contribution in [-0.2, 0) is 11.3 Å². The SMILES string of the molecule is COC(C)CNCc1cc(C)no1. The molecular formula is C9H16N2O2. The van der Waals surface area contributed by atoms with Crippen molar-refractivity contribution in [2.45, 2.75) is 26.5 Å². The summed E-state index contributed by atoms with van der Waals surface area (Å²) >= 11 is 0. The van der Waals surface area contributed by atoms with Crippen LogP contribution < -0.4 is 5.32 Å². The zero-order valence-electron chi connectivity index (χ0n) is 8.33. The lowest BCUT2D eigenvalue weighted by Crippen LogP contribution is -2.25. The summed E-state index contributed by atoms with van der Waals surface area (Å²) in [4.78, 5) is 0. The highest BCUT2D eigenvalue weighted by Crippen LogP contribution is 2.00. The Morgan fingerprint density at radius 2 is 2.46 bits per heavy atom. The van der Waals surface area contributed by atoms with Crippen LogP contribution in [0.5, 0.6) is 0 Å². The van der Waals surface area contributed by atoms with Crippen molar-refractivity contribution in [3.05, 3.63) is 17.5 Å². The molecule has 74 valence electrons. The average molecular weight is 184 g/mol. The van der Waals surface area contributed by atoms with Crippen LogP contribution in [0.2, 0.25) is 0 Å². The number of nitrogens with zero attached hydrogens (tertiary/aromatic N) is 1. The van der Waals surface area contributed by atoms with E-state index < -0.39 is 0 Å². The maximum atomic E-state index is 5.08. The quantitative estimate of drug-likeness (QED) is 0.744. The second-order valence-electron chi connectivity index (χ2n) is 3.11. The molecule has 0 fully saturated rings. The summed E-state index contributed by atoms with van der Waals surface area (Å²) < 4.78 is 10.1. The number of rotatable bonds is 5. The van der Waals surface area contributed by atoms with Gasteiger partial charge >= 0.3 is 0 Å². The number of aromatic nitrogens is 1. The molecule has 1 N–H and O–H groups in total.